The van der Waals surface area contributed by atoms with Crippen LogP contribution >= 0.6 is 11.6 Å². The van der Waals surface area contributed by atoms with E-state index in [1.165, 1.54) is 17.2 Å². The minimum absolute atomic E-state index is 0.0143. The number of nitrogen functional groups attached to an aromatic ring is 1. The summed E-state index contributed by atoms with van der Waals surface area (Å²) in [5.74, 6) is 4.98. The number of fused-ring (bicyclic) bond motifs is 3. The number of carbonyl (C=O) groups excluding carboxylic acids is 1. The average molecular weight is 435 g/mol. The highest BCUT2D eigenvalue weighted by Crippen LogP contribution is 2.44. The Morgan fingerprint density at radius 3 is 2.39 bits per heavy atom. The van der Waals surface area contributed by atoms with Gasteiger partial charge in [-0.15, -0.1) is 0 Å². The summed E-state index contributed by atoms with van der Waals surface area (Å²) < 4.78 is 19.1. The summed E-state index contributed by atoms with van der Waals surface area (Å²) >= 11 is 5.89. The number of halogens is 2. The van der Waals surface area contributed by atoms with Crippen LogP contribution in [-0.4, -0.2) is 19.2 Å². The second-order valence-corrected chi connectivity index (χ2v) is 7.51. The molecular weight excluding hydrogens is 415 g/mol. The first-order valence-corrected chi connectivity index (χ1v) is 10.2. The normalized spacial score (nSPS) is 11.8. The van der Waals surface area contributed by atoms with Gasteiger partial charge < -0.3 is 15.8 Å². The highest BCUT2D eigenvalue weighted by molar-refractivity contribution is 6.32. The summed E-state index contributed by atoms with van der Waals surface area (Å²) in [7, 11) is 0. The van der Waals surface area contributed by atoms with E-state index in [1.54, 1.807) is 6.07 Å². The summed E-state index contributed by atoms with van der Waals surface area (Å²) in [6, 6.07) is 19.3. The smallest absolute Gasteiger partial charge is 0.407 e. The van der Waals surface area contributed by atoms with Crippen molar-refractivity contribution in [3.8, 4) is 23.0 Å². The maximum Gasteiger partial charge on any atom is 0.407 e. The quantitative estimate of drug-likeness (QED) is 0.331. The number of rotatable bonds is 4. The topological polar surface area (TPSA) is 64.3 Å². The fourth-order valence-electron chi connectivity index (χ4n) is 3.70. The predicted molar refractivity (Wildman–Crippen MR) is 120 cm³/mol. The van der Waals surface area contributed by atoms with Gasteiger partial charge in [-0.25, -0.2) is 9.18 Å². The van der Waals surface area contributed by atoms with Gasteiger partial charge >= 0.3 is 6.09 Å². The molecule has 3 aromatic carbocycles. The van der Waals surface area contributed by atoms with Gasteiger partial charge in [-0.05, 0) is 34.4 Å². The molecule has 3 N–H and O–H groups in total. The maximum atomic E-state index is 13.7. The number of hydrogen-bond acceptors (Lipinski definition) is 3. The molecular formula is C25H20ClFN2O2. The summed E-state index contributed by atoms with van der Waals surface area (Å²) in [5, 5.41) is 2.59. The standard InChI is InChI=1S/C25H20ClFN2O2/c26-23-16(12-13-22(28)24(23)27)7-5-6-14-29-25(30)31-15-21-19-10-3-1-8-17(19)18-9-2-4-11-20(18)21/h1-4,8-13,21H,6,14-15,28H2,(H,29,30). The number of alkyl carbamates (subject to hydrolysis) is 1. The van der Waals surface area contributed by atoms with Crippen molar-refractivity contribution in [2.24, 2.45) is 0 Å². The van der Waals surface area contributed by atoms with Crippen LogP contribution < -0.4 is 11.1 Å². The zero-order valence-electron chi connectivity index (χ0n) is 16.6. The third kappa shape index (κ3) is 4.35. The summed E-state index contributed by atoms with van der Waals surface area (Å²) in [5.41, 5.74) is 10.5. The van der Waals surface area contributed by atoms with E-state index in [2.05, 4.69) is 41.4 Å². The monoisotopic (exact) mass is 434 g/mol. The molecule has 1 aliphatic rings. The third-order valence-electron chi connectivity index (χ3n) is 5.20. The van der Waals surface area contributed by atoms with E-state index in [1.807, 2.05) is 24.3 Å². The number of nitrogens with one attached hydrogen (secondary N) is 1. The van der Waals surface area contributed by atoms with Crippen molar-refractivity contribution >= 4 is 23.4 Å². The Kier molecular flexibility index (Phi) is 6.11. The Balaban J connectivity index is 1.30. The number of carbonyl (C=O) groups is 1. The van der Waals surface area contributed by atoms with Crippen molar-refractivity contribution in [1.29, 1.82) is 0 Å². The van der Waals surface area contributed by atoms with Crippen LogP contribution in [-0.2, 0) is 4.74 Å². The van der Waals surface area contributed by atoms with Crippen LogP contribution in [0.5, 0.6) is 0 Å². The second kappa shape index (κ2) is 9.11. The zero-order chi connectivity index (χ0) is 21.8. The minimum Gasteiger partial charge on any atom is -0.449 e. The van der Waals surface area contributed by atoms with Crippen molar-refractivity contribution < 1.29 is 13.9 Å². The van der Waals surface area contributed by atoms with Gasteiger partial charge in [0.25, 0.3) is 0 Å². The molecule has 6 heteroatoms. The van der Waals surface area contributed by atoms with Crippen LogP contribution in [0.1, 0.15) is 29.0 Å². The van der Waals surface area contributed by atoms with Crippen molar-refractivity contribution in [3.63, 3.8) is 0 Å². The van der Waals surface area contributed by atoms with E-state index in [0.717, 1.165) is 11.1 Å². The highest BCUT2D eigenvalue weighted by atomic mass is 35.5. The molecule has 0 aromatic heterocycles. The van der Waals surface area contributed by atoms with Crippen LogP contribution in [0, 0.1) is 17.7 Å². The molecule has 0 heterocycles. The van der Waals surface area contributed by atoms with Gasteiger partial charge in [-0.2, -0.15) is 0 Å². The molecule has 3 aromatic rings. The van der Waals surface area contributed by atoms with Crippen molar-refractivity contribution in [3.05, 3.63) is 88.2 Å². The van der Waals surface area contributed by atoms with Crippen LogP contribution in [0.15, 0.2) is 60.7 Å². The third-order valence-corrected chi connectivity index (χ3v) is 5.57. The van der Waals surface area contributed by atoms with Crippen molar-refractivity contribution in [2.75, 3.05) is 18.9 Å². The first-order valence-electron chi connectivity index (χ1n) is 9.87. The molecule has 0 saturated carbocycles. The number of nitrogens with two attached hydrogens (primary N) is 1. The minimum atomic E-state index is -0.676. The Hall–Kier alpha value is -3.49. The lowest BCUT2D eigenvalue weighted by Gasteiger charge is -2.14. The first kappa shape index (κ1) is 20.8. The van der Waals surface area contributed by atoms with Gasteiger partial charge in [0.05, 0.1) is 10.7 Å². The van der Waals surface area contributed by atoms with Gasteiger partial charge in [0.2, 0.25) is 0 Å². The number of amides is 1. The van der Waals surface area contributed by atoms with Crippen molar-refractivity contribution in [2.45, 2.75) is 12.3 Å². The maximum absolute atomic E-state index is 13.7. The summed E-state index contributed by atoms with van der Waals surface area (Å²) in [6.07, 6.45) is -0.132. The van der Waals surface area contributed by atoms with Gasteiger partial charge in [-0.1, -0.05) is 72.0 Å². The Morgan fingerprint density at radius 1 is 1.06 bits per heavy atom. The van der Waals surface area contributed by atoms with Crippen LogP contribution in [0.4, 0.5) is 14.9 Å². The molecule has 4 nitrogen and oxygen atoms in total. The van der Waals surface area contributed by atoms with Crippen molar-refractivity contribution in [1.82, 2.24) is 5.32 Å². The van der Waals surface area contributed by atoms with E-state index in [9.17, 15) is 9.18 Å². The molecule has 0 fully saturated rings. The van der Waals surface area contributed by atoms with Crippen LogP contribution in [0.2, 0.25) is 5.02 Å². The fourth-order valence-corrected chi connectivity index (χ4v) is 3.91. The number of ether oxygens (including phenoxy) is 1. The van der Waals surface area contributed by atoms with Gasteiger partial charge in [-0.3, -0.25) is 0 Å². The lowest BCUT2D eigenvalue weighted by atomic mass is 9.98. The van der Waals surface area contributed by atoms with Gasteiger partial charge in [0, 0.05) is 24.4 Å². The first-order chi connectivity index (χ1) is 15.1. The van der Waals surface area contributed by atoms with E-state index in [0.29, 0.717) is 18.5 Å². The van der Waals surface area contributed by atoms with Gasteiger partial charge in [0.1, 0.15) is 6.61 Å². The van der Waals surface area contributed by atoms with E-state index in [4.69, 9.17) is 22.1 Å². The zero-order valence-corrected chi connectivity index (χ0v) is 17.4. The largest absolute Gasteiger partial charge is 0.449 e. The van der Waals surface area contributed by atoms with Crippen LogP contribution in [0.25, 0.3) is 11.1 Å². The van der Waals surface area contributed by atoms with E-state index in [-0.39, 0.29) is 23.2 Å². The molecule has 1 aliphatic carbocycles. The second-order valence-electron chi connectivity index (χ2n) is 7.13. The number of benzene rings is 3. The SMILES string of the molecule is Nc1ccc(C#CCCNC(=O)OCC2c3ccccc3-c3ccccc32)c(Cl)c1F. The summed E-state index contributed by atoms with van der Waals surface area (Å²) in [6.45, 7) is 0.560. The Morgan fingerprint density at radius 2 is 1.71 bits per heavy atom. The molecule has 0 radical (unpaired) electrons. The average Bonchev–Trinajstić information content (AvgIpc) is 3.11. The van der Waals surface area contributed by atoms with E-state index >= 15 is 0 Å². The molecule has 31 heavy (non-hydrogen) atoms. The van der Waals surface area contributed by atoms with Gasteiger partial charge in [0.15, 0.2) is 5.82 Å². The molecule has 4 rings (SSSR count). The Labute approximate surface area is 185 Å². The lowest BCUT2D eigenvalue weighted by molar-refractivity contribution is 0.143. The summed E-state index contributed by atoms with van der Waals surface area (Å²) in [4.78, 5) is 12.1. The lowest BCUT2D eigenvalue weighted by Crippen LogP contribution is -2.26. The number of anilines is 1. The predicted octanol–water partition coefficient (Wildman–Crippen LogP) is 5.34. The molecule has 1 amide bonds. The molecule has 0 bridgehead atoms. The fraction of sp³-hybridized carbons (Fsp3) is 0.160. The highest BCUT2D eigenvalue weighted by Gasteiger charge is 2.28. The molecule has 0 atom stereocenters. The molecule has 0 aliphatic heterocycles. The van der Waals surface area contributed by atoms with E-state index < -0.39 is 11.9 Å². The molecule has 0 saturated heterocycles. The molecule has 0 spiro atoms. The number of hydrogen-bond donors (Lipinski definition) is 2. The molecule has 156 valence electrons. The van der Waals surface area contributed by atoms with Crippen LogP contribution in [0.3, 0.4) is 0 Å². The molecule has 0 unspecified atom stereocenters. The Bertz CT molecular complexity index is 1150.